The number of ether oxygens (including phenoxy) is 1. The zero-order valence-electron chi connectivity index (χ0n) is 10.9. The summed E-state index contributed by atoms with van der Waals surface area (Å²) < 4.78 is 6.82. The molecule has 0 saturated carbocycles. The van der Waals surface area contributed by atoms with Crippen molar-refractivity contribution in [1.82, 2.24) is 9.88 Å². The van der Waals surface area contributed by atoms with Crippen molar-refractivity contribution in [1.29, 1.82) is 0 Å². The number of rotatable bonds is 2. The highest BCUT2D eigenvalue weighted by Crippen LogP contribution is 2.28. The fourth-order valence-corrected chi connectivity index (χ4v) is 2.93. The molecule has 0 radical (unpaired) electrons. The molecule has 0 bridgehead atoms. The molecule has 4 nitrogen and oxygen atoms in total. The van der Waals surface area contributed by atoms with E-state index in [0.717, 1.165) is 10.0 Å². The molecule has 1 aliphatic heterocycles. The second-order valence-electron chi connectivity index (χ2n) is 4.72. The summed E-state index contributed by atoms with van der Waals surface area (Å²) in [5.74, 6) is 0.0235. The van der Waals surface area contributed by atoms with Gasteiger partial charge in [-0.1, -0.05) is 34.1 Å². The van der Waals surface area contributed by atoms with Crippen molar-refractivity contribution in [3.63, 3.8) is 0 Å². The monoisotopic (exact) mass is 334 g/mol. The van der Waals surface area contributed by atoms with Crippen molar-refractivity contribution < 1.29 is 9.53 Å². The quantitative estimate of drug-likeness (QED) is 0.917. The SMILES string of the molecule is O=C(c1ccc[nH]1)N1CCOC(c2ccccc2Br)C1. The molecule has 2 heterocycles. The second-order valence-corrected chi connectivity index (χ2v) is 5.57. The molecule has 0 spiro atoms. The van der Waals surface area contributed by atoms with Crippen LogP contribution in [0.5, 0.6) is 0 Å². The fourth-order valence-electron chi connectivity index (χ4n) is 2.39. The van der Waals surface area contributed by atoms with Crippen molar-refractivity contribution in [2.45, 2.75) is 6.10 Å². The molecule has 104 valence electrons. The van der Waals surface area contributed by atoms with Crippen LogP contribution in [0.3, 0.4) is 0 Å². The number of aromatic nitrogens is 1. The number of amides is 1. The third-order valence-electron chi connectivity index (χ3n) is 3.43. The highest BCUT2D eigenvalue weighted by Gasteiger charge is 2.27. The molecule has 1 aromatic carbocycles. The van der Waals surface area contributed by atoms with Gasteiger partial charge in [0.05, 0.1) is 13.2 Å². The lowest BCUT2D eigenvalue weighted by Crippen LogP contribution is -2.42. The number of benzene rings is 1. The van der Waals surface area contributed by atoms with Crippen LogP contribution in [0.2, 0.25) is 0 Å². The molecule has 0 aliphatic carbocycles. The third kappa shape index (κ3) is 2.64. The summed E-state index contributed by atoms with van der Waals surface area (Å²) in [5, 5.41) is 0. The van der Waals surface area contributed by atoms with Gasteiger partial charge in [-0.25, -0.2) is 0 Å². The lowest BCUT2D eigenvalue weighted by Gasteiger charge is -2.33. The molecule has 1 unspecified atom stereocenters. The number of carbonyl (C=O) groups is 1. The van der Waals surface area contributed by atoms with Crippen LogP contribution in [0.25, 0.3) is 0 Å². The van der Waals surface area contributed by atoms with E-state index in [0.29, 0.717) is 25.4 Å². The Hall–Kier alpha value is -1.59. The van der Waals surface area contributed by atoms with Gasteiger partial charge in [-0.05, 0) is 23.8 Å². The molecular weight excluding hydrogens is 320 g/mol. The predicted molar refractivity (Wildman–Crippen MR) is 79.5 cm³/mol. The van der Waals surface area contributed by atoms with Gasteiger partial charge in [-0.15, -0.1) is 0 Å². The number of hydrogen-bond donors (Lipinski definition) is 1. The van der Waals surface area contributed by atoms with E-state index < -0.39 is 0 Å². The zero-order chi connectivity index (χ0) is 13.9. The van der Waals surface area contributed by atoms with Gasteiger partial charge in [-0.2, -0.15) is 0 Å². The smallest absolute Gasteiger partial charge is 0.270 e. The van der Waals surface area contributed by atoms with Crippen molar-refractivity contribution >= 4 is 21.8 Å². The van der Waals surface area contributed by atoms with E-state index in [4.69, 9.17) is 4.74 Å². The predicted octanol–water partition coefficient (Wildman–Crippen LogP) is 2.99. The minimum atomic E-state index is -0.0850. The highest BCUT2D eigenvalue weighted by molar-refractivity contribution is 9.10. The van der Waals surface area contributed by atoms with Crippen LogP contribution in [0.15, 0.2) is 47.1 Å². The Morgan fingerprint density at radius 2 is 2.15 bits per heavy atom. The number of nitrogens with zero attached hydrogens (tertiary/aromatic N) is 1. The van der Waals surface area contributed by atoms with E-state index in [1.165, 1.54) is 0 Å². The summed E-state index contributed by atoms with van der Waals surface area (Å²) in [6.45, 7) is 1.75. The van der Waals surface area contributed by atoms with Crippen LogP contribution in [-0.2, 0) is 4.74 Å². The topological polar surface area (TPSA) is 45.3 Å². The number of aromatic amines is 1. The fraction of sp³-hybridized carbons (Fsp3) is 0.267. The first-order valence-corrected chi connectivity index (χ1v) is 7.33. The summed E-state index contributed by atoms with van der Waals surface area (Å²) in [6, 6.07) is 11.6. The summed E-state index contributed by atoms with van der Waals surface area (Å²) in [7, 11) is 0. The molecule has 20 heavy (non-hydrogen) atoms. The first kappa shape index (κ1) is 13.4. The maximum atomic E-state index is 12.4. The number of halogens is 1. The van der Waals surface area contributed by atoms with Crippen molar-refractivity contribution in [2.24, 2.45) is 0 Å². The normalized spacial score (nSPS) is 19.1. The van der Waals surface area contributed by atoms with E-state index in [1.807, 2.05) is 35.2 Å². The lowest BCUT2D eigenvalue weighted by molar-refractivity contribution is -0.0233. The molecule has 1 N–H and O–H groups in total. The van der Waals surface area contributed by atoms with E-state index >= 15 is 0 Å². The molecule has 2 aromatic rings. The Morgan fingerprint density at radius 1 is 1.30 bits per heavy atom. The lowest BCUT2D eigenvalue weighted by atomic mass is 10.1. The van der Waals surface area contributed by atoms with Gasteiger partial charge in [0.2, 0.25) is 0 Å². The minimum absolute atomic E-state index is 0.0235. The number of hydrogen-bond acceptors (Lipinski definition) is 2. The Balaban J connectivity index is 1.77. The average Bonchev–Trinajstić information content (AvgIpc) is 3.01. The molecular formula is C15H15BrN2O2. The highest BCUT2D eigenvalue weighted by atomic mass is 79.9. The van der Waals surface area contributed by atoms with Crippen LogP contribution >= 0.6 is 15.9 Å². The molecule has 1 atom stereocenters. The van der Waals surface area contributed by atoms with Crippen molar-refractivity contribution in [2.75, 3.05) is 19.7 Å². The van der Waals surface area contributed by atoms with Crippen LogP contribution < -0.4 is 0 Å². The van der Waals surface area contributed by atoms with Gasteiger partial charge in [0.1, 0.15) is 11.8 Å². The first-order valence-electron chi connectivity index (χ1n) is 6.54. The second kappa shape index (κ2) is 5.81. The maximum absolute atomic E-state index is 12.4. The molecule has 1 aliphatic rings. The maximum Gasteiger partial charge on any atom is 0.270 e. The van der Waals surface area contributed by atoms with Crippen LogP contribution in [0.1, 0.15) is 22.2 Å². The number of nitrogens with one attached hydrogen (secondary N) is 1. The summed E-state index contributed by atoms with van der Waals surface area (Å²) in [4.78, 5) is 17.1. The number of morpholine rings is 1. The number of H-pyrrole nitrogens is 1. The van der Waals surface area contributed by atoms with Gasteiger partial charge in [-0.3, -0.25) is 4.79 Å². The third-order valence-corrected chi connectivity index (χ3v) is 4.16. The molecule has 3 rings (SSSR count). The van der Waals surface area contributed by atoms with E-state index in [2.05, 4.69) is 20.9 Å². The summed E-state index contributed by atoms with van der Waals surface area (Å²) >= 11 is 3.54. The molecule has 1 amide bonds. The van der Waals surface area contributed by atoms with Gasteiger partial charge in [0.25, 0.3) is 5.91 Å². The van der Waals surface area contributed by atoms with Crippen molar-refractivity contribution in [3.05, 3.63) is 58.3 Å². The Labute approximate surface area is 125 Å². The summed E-state index contributed by atoms with van der Waals surface area (Å²) in [5.41, 5.74) is 1.70. The Morgan fingerprint density at radius 3 is 2.90 bits per heavy atom. The standard InChI is InChI=1S/C15H15BrN2O2/c16-12-5-2-1-4-11(12)14-10-18(8-9-20-14)15(19)13-6-3-7-17-13/h1-7,14,17H,8-10H2. The number of carbonyl (C=O) groups excluding carboxylic acids is 1. The van der Waals surface area contributed by atoms with Crippen LogP contribution in [0.4, 0.5) is 0 Å². The van der Waals surface area contributed by atoms with Gasteiger partial charge in [0, 0.05) is 17.2 Å². The average molecular weight is 335 g/mol. The molecule has 1 fully saturated rings. The Bertz CT molecular complexity index is 598. The molecule has 5 heteroatoms. The minimum Gasteiger partial charge on any atom is -0.370 e. The summed E-state index contributed by atoms with van der Waals surface area (Å²) in [6.07, 6.45) is 1.68. The first-order chi connectivity index (χ1) is 9.75. The Kier molecular flexibility index (Phi) is 3.89. The zero-order valence-corrected chi connectivity index (χ0v) is 12.5. The van der Waals surface area contributed by atoms with E-state index in [9.17, 15) is 4.79 Å². The van der Waals surface area contributed by atoms with Gasteiger partial charge < -0.3 is 14.6 Å². The van der Waals surface area contributed by atoms with Gasteiger partial charge in [0.15, 0.2) is 0 Å². The molecule has 1 saturated heterocycles. The van der Waals surface area contributed by atoms with Crippen LogP contribution in [-0.4, -0.2) is 35.5 Å². The largest absolute Gasteiger partial charge is 0.370 e. The van der Waals surface area contributed by atoms with Crippen molar-refractivity contribution in [3.8, 4) is 0 Å². The van der Waals surface area contributed by atoms with E-state index in [-0.39, 0.29) is 12.0 Å². The van der Waals surface area contributed by atoms with Crippen LogP contribution in [0, 0.1) is 0 Å². The van der Waals surface area contributed by atoms with Gasteiger partial charge >= 0.3 is 0 Å². The van der Waals surface area contributed by atoms with E-state index in [1.54, 1.807) is 12.3 Å². The molecule has 1 aromatic heterocycles.